The maximum atomic E-state index is 12.3. The van der Waals surface area contributed by atoms with E-state index in [1.807, 2.05) is 24.3 Å². The van der Waals surface area contributed by atoms with Gasteiger partial charge in [-0.25, -0.2) is 14.6 Å². The molecule has 0 radical (unpaired) electrons. The third kappa shape index (κ3) is 7.47. The molecule has 4 rings (SSSR count). The van der Waals surface area contributed by atoms with E-state index in [0.29, 0.717) is 48.2 Å². The molecule has 2 aliphatic heterocycles. The average molecular weight is 560 g/mol. The molecule has 0 unspecified atom stereocenters. The van der Waals surface area contributed by atoms with Crippen LogP contribution in [0.4, 0.5) is 34.5 Å². The van der Waals surface area contributed by atoms with E-state index in [9.17, 15) is 27.6 Å². The van der Waals surface area contributed by atoms with Gasteiger partial charge in [0.25, 0.3) is 5.91 Å². The maximum Gasteiger partial charge on any atom is 0.490 e. The highest BCUT2D eigenvalue weighted by Crippen LogP contribution is 2.28. The van der Waals surface area contributed by atoms with Crippen molar-refractivity contribution in [1.82, 2.24) is 10.3 Å². The van der Waals surface area contributed by atoms with E-state index in [4.69, 9.17) is 25.5 Å². The number of benzene rings is 1. The number of ether oxygens (including phenoxy) is 1. The Kier molecular flexibility index (Phi) is 8.98. The number of nitrogens with one attached hydrogen (secondary N) is 1. The predicted octanol–water partition coefficient (Wildman–Crippen LogP) is 2.41. The first-order chi connectivity index (χ1) is 17.8. The second-order valence-corrected chi connectivity index (χ2v) is 9.37. The summed E-state index contributed by atoms with van der Waals surface area (Å²) in [6.07, 6.45) is -3.35. The summed E-state index contributed by atoms with van der Waals surface area (Å²) >= 11 is 1.09. The number of aromatic nitrogens is 1. The number of carboxylic acids is 2. The lowest BCUT2D eigenvalue weighted by Gasteiger charge is -2.32. The van der Waals surface area contributed by atoms with Gasteiger partial charge in [-0.05, 0) is 37.1 Å². The molecule has 1 atom stereocenters. The van der Waals surface area contributed by atoms with Crippen LogP contribution >= 0.6 is 11.3 Å². The van der Waals surface area contributed by atoms with E-state index in [2.05, 4.69) is 15.2 Å². The van der Waals surface area contributed by atoms with Crippen molar-refractivity contribution in [2.24, 2.45) is 5.92 Å². The molecule has 1 aromatic carbocycles. The molecule has 2 saturated heterocycles. The second-order valence-electron chi connectivity index (χ2n) is 8.31. The van der Waals surface area contributed by atoms with Crippen LogP contribution in [0.25, 0.3) is 0 Å². The Morgan fingerprint density at radius 1 is 1.13 bits per heavy atom. The van der Waals surface area contributed by atoms with E-state index in [-0.39, 0.29) is 18.4 Å². The number of cyclic esters (lactones) is 1. The first-order valence-corrected chi connectivity index (χ1v) is 12.0. The van der Waals surface area contributed by atoms with Crippen molar-refractivity contribution in [2.45, 2.75) is 25.1 Å². The summed E-state index contributed by atoms with van der Waals surface area (Å²) in [4.78, 5) is 52.3. The molecule has 1 aromatic heterocycles. The largest absolute Gasteiger partial charge is 0.490 e. The van der Waals surface area contributed by atoms with Crippen LogP contribution in [0, 0.1) is 5.92 Å². The van der Waals surface area contributed by atoms with Crippen LogP contribution < -0.4 is 20.9 Å². The zero-order chi connectivity index (χ0) is 28.0. The van der Waals surface area contributed by atoms with Gasteiger partial charge < -0.3 is 30.9 Å². The number of hydrogen-bond donors (Lipinski definition) is 4. The standard InChI is InChI=1S/C20H23N5O5S.C2HF3O2/c21-19-23-10-16(31-19)17(26)22-9-15-11-25(20(29)30-15)14-3-1-13(2-4-14)24-7-5-12(6-8-24)18(27)28;3-2(4,5)1(6)7/h1-4,10,12,15H,5-9,11H2,(H2,21,23)(H,22,26)(H,27,28);(H,6,7)/t15-;/m1./s1. The number of aliphatic carboxylic acids is 2. The Hall–Kier alpha value is -4.08. The zero-order valence-corrected chi connectivity index (χ0v) is 20.5. The van der Waals surface area contributed by atoms with E-state index in [0.717, 1.165) is 17.0 Å². The van der Waals surface area contributed by atoms with Crippen LogP contribution in [-0.4, -0.2) is 77.6 Å². The molecule has 2 amide bonds. The van der Waals surface area contributed by atoms with E-state index in [1.54, 1.807) is 0 Å². The summed E-state index contributed by atoms with van der Waals surface area (Å²) in [7, 11) is 0. The van der Waals surface area contributed by atoms with Crippen molar-refractivity contribution < 1.29 is 47.3 Å². The van der Waals surface area contributed by atoms with Gasteiger partial charge in [-0.1, -0.05) is 11.3 Å². The highest BCUT2D eigenvalue weighted by Gasteiger charge is 2.38. The van der Waals surface area contributed by atoms with Gasteiger partial charge in [0.15, 0.2) is 5.13 Å². The molecule has 16 heteroatoms. The second kappa shape index (κ2) is 12.0. The summed E-state index contributed by atoms with van der Waals surface area (Å²) in [6, 6.07) is 7.54. The summed E-state index contributed by atoms with van der Waals surface area (Å²) in [5.41, 5.74) is 7.24. The number of alkyl halides is 3. The fourth-order valence-corrected chi connectivity index (χ4v) is 4.35. The Balaban J connectivity index is 0.000000505. The molecular weight excluding hydrogens is 535 g/mol. The minimum Gasteiger partial charge on any atom is -0.481 e. The van der Waals surface area contributed by atoms with Crippen molar-refractivity contribution in [3.63, 3.8) is 0 Å². The zero-order valence-electron chi connectivity index (χ0n) is 19.7. The van der Waals surface area contributed by atoms with Gasteiger partial charge in [0.1, 0.15) is 11.0 Å². The lowest BCUT2D eigenvalue weighted by atomic mass is 9.97. The molecule has 5 N–H and O–H groups in total. The molecule has 12 nitrogen and oxygen atoms in total. The first-order valence-electron chi connectivity index (χ1n) is 11.2. The number of anilines is 3. The molecule has 206 valence electrons. The van der Waals surface area contributed by atoms with E-state index in [1.165, 1.54) is 11.1 Å². The number of carboxylic acid groups (broad SMARTS) is 2. The molecule has 2 aliphatic rings. The number of rotatable bonds is 6. The van der Waals surface area contributed by atoms with Crippen molar-refractivity contribution >= 4 is 51.8 Å². The van der Waals surface area contributed by atoms with E-state index < -0.39 is 30.3 Å². The molecule has 0 saturated carbocycles. The molecule has 0 aliphatic carbocycles. The van der Waals surface area contributed by atoms with Crippen molar-refractivity contribution in [3.05, 3.63) is 35.3 Å². The van der Waals surface area contributed by atoms with Gasteiger partial charge >= 0.3 is 24.2 Å². The minimum absolute atomic E-state index is 0.190. The molecule has 0 spiro atoms. The Labute approximate surface area is 217 Å². The molecule has 38 heavy (non-hydrogen) atoms. The smallest absolute Gasteiger partial charge is 0.481 e. The van der Waals surface area contributed by atoms with Gasteiger partial charge in [0.05, 0.1) is 25.2 Å². The van der Waals surface area contributed by atoms with Gasteiger partial charge in [0.2, 0.25) is 0 Å². The average Bonchev–Trinajstić information content (AvgIpc) is 3.48. The Morgan fingerprint density at radius 2 is 1.71 bits per heavy atom. The third-order valence-electron chi connectivity index (χ3n) is 5.72. The van der Waals surface area contributed by atoms with Crippen molar-refractivity contribution in [2.75, 3.05) is 41.7 Å². The van der Waals surface area contributed by atoms with Crippen LogP contribution in [-0.2, 0) is 14.3 Å². The van der Waals surface area contributed by atoms with Crippen LogP contribution in [0.15, 0.2) is 30.5 Å². The fourth-order valence-electron chi connectivity index (χ4n) is 3.75. The highest BCUT2D eigenvalue weighted by molar-refractivity contribution is 7.17. The Bertz CT molecular complexity index is 1170. The molecule has 0 bridgehead atoms. The number of hydrogen-bond acceptors (Lipinski definition) is 9. The summed E-state index contributed by atoms with van der Waals surface area (Å²) < 4.78 is 37.1. The minimum atomic E-state index is -5.08. The maximum absolute atomic E-state index is 12.3. The number of carbonyl (C=O) groups excluding carboxylic acids is 2. The number of nitrogens with two attached hydrogens (primary N) is 1. The molecular formula is C22H24F3N5O7S. The first kappa shape index (κ1) is 28.5. The number of nitrogen functional groups attached to an aromatic ring is 1. The van der Waals surface area contributed by atoms with Gasteiger partial charge in [0, 0.05) is 24.5 Å². The van der Waals surface area contributed by atoms with Crippen LogP contribution in [0.2, 0.25) is 0 Å². The third-order valence-corrected chi connectivity index (χ3v) is 6.55. The van der Waals surface area contributed by atoms with Crippen molar-refractivity contribution in [3.8, 4) is 0 Å². The molecule has 2 aromatic rings. The van der Waals surface area contributed by atoms with Gasteiger partial charge in [-0.15, -0.1) is 0 Å². The number of thiazole rings is 1. The van der Waals surface area contributed by atoms with Crippen molar-refractivity contribution in [1.29, 1.82) is 0 Å². The lowest BCUT2D eigenvalue weighted by Crippen LogP contribution is -2.36. The van der Waals surface area contributed by atoms with Gasteiger partial charge in [-0.3, -0.25) is 14.5 Å². The number of piperidine rings is 1. The number of amides is 2. The number of halogens is 3. The number of carbonyl (C=O) groups is 4. The monoisotopic (exact) mass is 559 g/mol. The molecule has 3 heterocycles. The quantitative estimate of drug-likeness (QED) is 0.411. The number of nitrogens with zero attached hydrogens (tertiary/aromatic N) is 3. The normalized spacial score (nSPS) is 17.9. The van der Waals surface area contributed by atoms with Crippen LogP contribution in [0.3, 0.4) is 0 Å². The molecule has 2 fully saturated rings. The van der Waals surface area contributed by atoms with Crippen LogP contribution in [0.5, 0.6) is 0 Å². The Morgan fingerprint density at radius 3 is 2.21 bits per heavy atom. The fraction of sp³-hybridized carbons (Fsp3) is 0.409. The van der Waals surface area contributed by atoms with Crippen LogP contribution in [0.1, 0.15) is 22.5 Å². The summed E-state index contributed by atoms with van der Waals surface area (Å²) in [5.74, 6) is -4.07. The lowest BCUT2D eigenvalue weighted by molar-refractivity contribution is -0.192. The van der Waals surface area contributed by atoms with Gasteiger partial charge in [-0.2, -0.15) is 13.2 Å². The predicted molar refractivity (Wildman–Crippen MR) is 129 cm³/mol. The van der Waals surface area contributed by atoms with E-state index >= 15 is 0 Å². The summed E-state index contributed by atoms with van der Waals surface area (Å²) in [6.45, 7) is 1.90. The topological polar surface area (TPSA) is 175 Å². The summed E-state index contributed by atoms with van der Waals surface area (Å²) in [5, 5.41) is 19.3. The highest BCUT2D eigenvalue weighted by atomic mass is 32.1. The SMILES string of the molecule is Nc1ncc(C(=O)NC[C@@H]2CN(c3ccc(N4CCC(C(=O)O)CC4)cc3)C(=O)O2)s1.O=C(O)C(F)(F)F.